The third kappa shape index (κ3) is 8.82. The molecule has 0 aromatic carbocycles. The topological polar surface area (TPSA) is 38.3 Å². The molecule has 1 aliphatic rings. The lowest BCUT2D eigenvalue weighted by atomic mass is 10.0. The van der Waals surface area contributed by atoms with E-state index in [9.17, 15) is 4.79 Å². The molecule has 0 bridgehead atoms. The number of esters is 1. The molecule has 3 heteroatoms. The number of allylic oxidation sites excluding steroid dienone is 2. The molecule has 3 nitrogen and oxygen atoms in total. The van der Waals surface area contributed by atoms with Gasteiger partial charge in [-0.15, -0.1) is 0 Å². The van der Waals surface area contributed by atoms with Gasteiger partial charge in [-0.1, -0.05) is 31.9 Å². The van der Waals surface area contributed by atoms with Crippen molar-refractivity contribution in [2.45, 2.75) is 70.8 Å². The van der Waals surface area contributed by atoms with Gasteiger partial charge in [0.2, 0.25) is 0 Å². The number of hydrogen-bond donors (Lipinski definition) is 1. The molecule has 0 fully saturated rings. The van der Waals surface area contributed by atoms with E-state index in [1.165, 1.54) is 19.3 Å². The van der Waals surface area contributed by atoms with Crippen molar-refractivity contribution in [1.82, 2.24) is 5.32 Å². The second kappa shape index (κ2) is 11.0. The van der Waals surface area contributed by atoms with Crippen molar-refractivity contribution >= 4 is 5.97 Å². The summed E-state index contributed by atoms with van der Waals surface area (Å²) in [7, 11) is 0. The van der Waals surface area contributed by atoms with E-state index in [2.05, 4.69) is 24.4 Å². The van der Waals surface area contributed by atoms with Crippen molar-refractivity contribution in [1.29, 1.82) is 0 Å². The fourth-order valence-electron chi connectivity index (χ4n) is 2.41. The van der Waals surface area contributed by atoms with Gasteiger partial charge in [0.05, 0.1) is 13.2 Å². The molecular weight excluding hydrogens is 238 g/mol. The second-order valence-electron chi connectivity index (χ2n) is 5.34. The van der Waals surface area contributed by atoms with Crippen molar-refractivity contribution < 1.29 is 9.53 Å². The van der Waals surface area contributed by atoms with E-state index in [0.717, 1.165) is 38.5 Å². The molecule has 1 heterocycles. The Morgan fingerprint density at radius 3 is 2.68 bits per heavy atom. The fraction of sp³-hybridized carbons (Fsp3) is 0.812. The lowest BCUT2D eigenvalue weighted by molar-refractivity contribution is -0.142. The van der Waals surface area contributed by atoms with Crippen molar-refractivity contribution in [2.24, 2.45) is 0 Å². The standard InChI is InChI=1S/C16H29NO2/c1-2-11-15-12-9-7-5-3-4-6-8-10-13-19-16(18)14-17-15/h3-4,15,17H,2,5-14H2,1H3. The van der Waals surface area contributed by atoms with Crippen LogP contribution in [0.2, 0.25) is 0 Å². The zero-order valence-corrected chi connectivity index (χ0v) is 12.3. The lowest BCUT2D eigenvalue weighted by Gasteiger charge is -2.17. The van der Waals surface area contributed by atoms with Gasteiger partial charge in [-0.3, -0.25) is 4.79 Å². The predicted molar refractivity (Wildman–Crippen MR) is 79.1 cm³/mol. The number of carbonyl (C=O) groups is 1. The number of carbonyl (C=O) groups excluding carboxylic acids is 1. The first-order valence-electron chi connectivity index (χ1n) is 7.87. The second-order valence-corrected chi connectivity index (χ2v) is 5.34. The SMILES string of the molecule is CCCC1CCCCC=CCCCCOC(=O)CN1. The first-order chi connectivity index (χ1) is 9.33. The first-order valence-corrected chi connectivity index (χ1v) is 7.87. The van der Waals surface area contributed by atoms with Crippen LogP contribution < -0.4 is 5.32 Å². The highest BCUT2D eigenvalue weighted by molar-refractivity contribution is 5.71. The minimum absolute atomic E-state index is 0.105. The Morgan fingerprint density at radius 1 is 1.21 bits per heavy atom. The van der Waals surface area contributed by atoms with Crippen molar-refractivity contribution in [3.05, 3.63) is 12.2 Å². The van der Waals surface area contributed by atoms with Crippen LogP contribution in [0.25, 0.3) is 0 Å². The summed E-state index contributed by atoms with van der Waals surface area (Å²) in [5.41, 5.74) is 0. The molecule has 0 saturated heterocycles. The largest absolute Gasteiger partial charge is 0.465 e. The maximum atomic E-state index is 11.6. The zero-order valence-electron chi connectivity index (χ0n) is 12.3. The normalized spacial score (nSPS) is 24.3. The quantitative estimate of drug-likeness (QED) is 0.614. The van der Waals surface area contributed by atoms with Gasteiger partial charge in [-0.05, 0) is 44.9 Å². The molecule has 1 unspecified atom stereocenters. The molecule has 0 aromatic rings. The van der Waals surface area contributed by atoms with Crippen molar-refractivity contribution in [3.8, 4) is 0 Å². The van der Waals surface area contributed by atoms with Crippen LogP contribution >= 0.6 is 0 Å². The van der Waals surface area contributed by atoms with Gasteiger partial charge in [-0.25, -0.2) is 0 Å². The Bertz CT molecular complexity index is 263. The lowest BCUT2D eigenvalue weighted by Crippen LogP contribution is -2.34. The van der Waals surface area contributed by atoms with Gasteiger partial charge < -0.3 is 10.1 Å². The summed E-state index contributed by atoms with van der Waals surface area (Å²) in [6.45, 7) is 3.12. The Kier molecular flexibility index (Phi) is 9.42. The van der Waals surface area contributed by atoms with E-state index < -0.39 is 0 Å². The maximum absolute atomic E-state index is 11.6. The average molecular weight is 267 g/mol. The van der Waals surface area contributed by atoms with Crippen LogP contribution in [0.4, 0.5) is 0 Å². The molecule has 0 saturated carbocycles. The van der Waals surface area contributed by atoms with Crippen LogP contribution in [0.1, 0.15) is 64.7 Å². The monoisotopic (exact) mass is 267 g/mol. The summed E-state index contributed by atoms with van der Waals surface area (Å²) >= 11 is 0. The molecule has 0 aromatic heterocycles. The fourth-order valence-corrected chi connectivity index (χ4v) is 2.41. The van der Waals surface area contributed by atoms with Gasteiger partial charge in [0.15, 0.2) is 0 Å². The summed E-state index contributed by atoms with van der Waals surface area (Å²) in [4.78, 5) is 11.6. The van der Waals surface area contributed by atoms with E-state index in [0.29, 0.717) is 19.2 Å². The predicted octanol–water partition coefficient (Wildman–Crippen LogP) is 3.59. The minimum Gasteiger partial charge on any atom is -0.465 e. The van der Waals surface area contributed by atoms with Crippen LogP contribution in [-0.2, 0) is 9.53 Å². The number of ether oxygens (including phenoxy) is 1. The third-order valence-corrected chi connectivity index (χ3v) is 3.54. The Balaban J connectivity index is 2.37. The summed E-state index contributed by atoms with van der Waals surface area (Å²) < 4.78 is 5.22. The van der Waals surface area contributed by atoms with Gasteiger partial charge in [0, 0.05) is 6.04 Å². The first kappa shape index (κ1) is 16.2. The highest BCUT2D eigenvalue weighted by atomic mass is 16.5. The Labute approximate surface area is 117 Å². The van der Waals surface area contributed by atoms with Gasteiger partial charge in [-0.2, -0.15) is 0 Å². The van der Waals surface area contributed by atoms with E-state index in [1.807, 2.05) is 0 Å². The molecule has 19 heavy (non-hydrogen) atoms. The van der Waals surface area contributed by atoms with E-state index in [4.69, 9.17) is 4.74 Å². The number of cyclic esters (lactones) is 1. The highest BCUT2D eigenvalue weighted by Gasteiger charge is 2.10. The third-order valence-electron chi connectivity index (χ3n) is 3.54. The molecule has 0 aliphatic carbocycles. The molecule has 0 amide bonds. The molecule has 0 spiro atoms. The molecule has 1 N–H and O–H groups in total. The molecule has 110 valence electrons. The molecule has 1 aliphatic heterocycles. The van der Waals surface area contributed by atoms with Crippen LogP contribution in [0.3, 0.4) is 0 Å². The molecule has 1 rings (SSSR count). The summed E-state index contributed by atoms with van der Waals surface area (Å²) in [5, 5.41) is 3.35. The van der Waals surface area contributed by atoms with Crippen LogP contribution in [-0.4, -0.2) is 25.2 Å². The van der Waals surface area contributed by atoms with E-state index in [1.54, 1.807) is 0 Å². The number of hydrogen-bond acceptors (Lipinski definition) is 3. The molecule has 0 radical (unpaired) electrons. The minimum atomic E-state index is -0.105. The van der Waals surface area contributed by atoms with Crippen LogP contribution in [0.15, 0.2) is 12.2 Å². The number of rotatable bonds is 2. The molecular formula is C16H29NO2. The van der Waals surface area contributed by atoms with E-state index in [-0.39, 0.29) is 5.97 Å². The van der Waals surface area contributed by atoms with Crippen LogP contribution in [0, 0.1) is 0 Å². The van der Waals surface area contributed by atoms with Gasteiger partial charge in [0.1, 0.15) is 0 Å². The Hall–Kier alpha value is -0.830. The maximum Gasteiger partial charge on any atom is 0.319 e. The van der Waals surface area contributed by atoms with Crippen LogP contribution in [0.5, 0.6) is 0 Å². The zero-order chi connectivity index (χ0) is 13.8. The number of nitrogens with one attached hydrogen (secondary N) is 1. The molecule has 1 atom stereocenters. The smallest absolute Gasteiger partial charge is 0.319 e. The summed E-state index contributed by atoms with van der Waals surface area (Å²) in [5.74, 6) is -0.105. The van der Waals surface area contributed by atoms with Gasteiger partial charge >= 0.3 is 5.97 Å². The summed E-state index contributed by atoms with van der Waals surface area (Å²) in [6.07, 6.45) is 14.9. The van der Waals surface area contributed by atoms with Crippen molar-refractivity contribution in [2.75, 3.05) is 13.2 Å². The van der Waals surface area contributed by atoms with Crippen molar-refractivity contribution in [3.63, 3.8) is 0 Å². The Morgan fingerprint density at radius 2 is 1.95 bits per heavy atom. The summed E-state index contributed by atoms with van der Waals surface area (Å²) in [6, 6.07) is 0.464. The average Bonchev–Trinajstić information content (AvgIpc) is 2.41. The highest BCUT2D eigenvalue weighted by Crippen LogP contribution is 2.10. The van der Waals surface area contributed by atoms with Gasteiger partial charge in [0.25, 0.3) is 0 Å². The van der Waals surface area contributed by atoms with E-state index >= 15 is 0 Å².